The molecule has 1 aromatic carbocycles. The zero-order valence-electron chi connectivity index (χ0n) is 13.5. The summed E-state index contributed by atoms with van der Waals surface area (Å²) in [7, 11) is 0. The first kappa shape index (κ1) is 19.0. The van der Waals surface area contributed by atoms with Crippen LogP contribution in [0.15, 0.2) is 18.2 Å². The number of benzene rings is 1. The highest BCUT2D eigenvalue weighted by Crippen LogP contribution is 2.26. The number of carboxylic acid groups (broad SMARTS) is 1. The van der Waals surface area contributed by atoms with Crippen LogP contribution in [0.1, 0.15) is 18.9 Å². The van der Waals surface area contributed by atoms with E-state index in [1.54, 1.807) is 0 Å². The molecule has 2 rings (SSSR count). The fraction of sp³-hybridized carbons (Fsp3) is 0.500. The summed E-state index contributed by atoms with van der Waals surface area (Å²) in [6, 6.07) is 0.682. The first-order valence-corrected chi connectivity index (χ1v) is 7.71. The zero-order valence-corrected chi connectivity index (χ0v) is 13.5. The van der Waals surface area contributed by atoms with Crippen molar-refractivity contribution < 1.29 is 33.0 Å². The van der Waals surface area contributed by atoms with Crippen LogP contribution in [-0.2, 0) is 11.2 Å². The van der Waals surface area contributed by atoms with E-state index in [4.69, 9.17) is 5.11 Å². The van der Waals surface area contributed by atoms with E-state index in [9.17, 15) is 27.9 Å². The predicted octanol–water partition coefficient (Wildman–Crippen LogP) is 1.46. The van der Waals surface area contributed by atoms with Crippen molar-refractivity contribution in [2.24, 2.45) is 0 Å². The van der Waals surface area contributed by atoms with Crippen LogP contribution >= 0.6 is 0 Å². The minimum Gasteiger partial charge on any atom is -0.465 e. The summed E-state index contributed by atoms with van der Waals surface area (Å²) in [5.41, 5.74) is 0.173. The third-order valence-corrected chi connectivity index (χ3v) is 4.11. The smallest absolute Gasteiger partial charge is 0.407 e. The molecule has 0 bridgehead atoms. The number of hydrogen-bond acceptors (Lipinski definition) is 3. The molecule has 1 aliphatic rings. The number of halogens is 3. The second-order valence-electron chi connectivity index (χ2n) is 6.11. The van der Waals surface area contributed by atoms with Crippen molar-refractivity contribution in [3.8, 4) is 0 Å². The quantitative estimate of drug-likeness (QED) is 0.742. The largest absolute Gasteiger partial charge is 0.465 e. The minimum atomic E-state index is -1.44. The van der Waals surface area contributed by atoms with Crippen LogP contribution in [0.3, 0.4) is 0 Å². The molecule has 2 amide bonds. The van der Waals surface area contributed by atoms with E-state index in [-0.39, 0.29) is 24.9 Å². The highest BCUT2D eigenvalue weighted by atomic mass is 19.1. The molecule has 4 atom stereocenters. The molecule has 3 N–H and O–H groups in total. The van der Waals surface area contributed by atoms with Gasteiger partial charge in [0.1, 0.15) is 17.8 Å². The summed E-state index contributed by atoms with van der Waals surface area (Å²) in [6.07, 6.45) is -4.62. The van der Waals surface area contributed by atoms with Crippen molar-refractivity contribution in [1.29, 1.82) is 0 Å². The third-order valence-electron chi connectivity index (χ3n) is 4.11. The first-order chi connectivity index (χ1) is 11.7. The topological polar surface area (TPSA) is 89.9 Å². The second kappa shape index (κ2) is 7.73. The molecule has 0 radical (unpaired) electrons. The van der Waals surface area contributed by atoms with Crippen molar-refractivity contribution in [2.45, 2.75) is 44.1 Å². The molecular formula is C16H19F3N2O4. The van der Waals surface area contributed by atoms with Crippen LogP contribution in [0.5, 0.6) is 0 Å². The van der Waals surface area contributed by atoms with Crippen LogP contribution in [-0.4, -0.2) is 58.0 Å². The van der Waals surface area contributed by atoms with Crippen LogP contribution in [0.4, 0.5) is 18.0 Å². The molecule has 9 heteroatoms. The Morgan fingerprint density at radius 2 is 1.92 bits per heavy atom. The van der Waals surface area contributed by atoms with Crippen LogP contribution < -0.4 is 5.32 Å². The van der Waals surface area contributed by atoms with Gasteiger partial charge >= 0.3 is 6.09 Å². The highest BCUT2D eigenvalue weighted by Gasteiger charge is 2.42. The third kappa shape index (κ3) is 4.85. The molecule has 1 aromatic rings. The van der Waals surface area contributed by atoms with Crippen molar-refractivity contribution in [3.63, 3.8) is 0 Å². The first-order valence-electron chi connectivity index (χ1n) is 7.71. The van der Waals surface area contributed by atoms with E-state index >= 15 is 0 Å². The lowest BCUT2D eigenvalue weighted by Gasteiger charge is -2.32. The number of rotatable bonds is 5. The summed E-state index contributed by atoms with van der Waals surface area (Å²) in [4.78, 5) is 23.4. The van der Waals surface area contributed by atoms with Gasteiger partial charge in [0.2, 0.25) is 5.91 Å². The van der Waals surface area contributed by atoms with Gasteiger partial charge in [-0.3, -0.25) is 9.69 Å². The maximum atomic E-state index is 13.6. The molecule has 138 valence electrons. The zero-order chi connectivity index (χ0) is 18.7. The molecule has 1 heterocycles. The second-order valence-corrected chi connectivity index (χ2v) is 6.11. The normalized spacial score (nSPS) is 22.5. The Kier molecular flexibility index (Phi) is 5.89. The number of nitrogens with one attached hydrogen (secondary N) is 1. The average Bonchev–Trinajstić information content (AvgIpc) is 2.86. The van der Waals surface area contributed by atoms with Gasteiger partial charge in [-0.2, -0.15) is 0 Å². The Morgan fingerprint density at radius 1 is 1.32 bits per heavy atom. The number of aliphatic hydroxyl groups is 1. The molecule has 0 aromatic heterocycles. The number of amides is 2. The van der Waals surface area contributed by atoms with Gasteiger partial charge in [-0.15, -0.1) is 0 Å². The molecule has 0 spiro atoms. The van der Waals surface area contributed by atoms with E-state index in [1.165, 1.54) is 6.92 Å². The SMILES string of the molecule is CC(=O)N[C@H](Cc1cc(F)cc(F)c1)[C@H](O)[C@H]1C[C@H](F)CN1C(=O)O. The summed E-state index contributed by atoms with van der Waals surface area (Å²) < 4.78 is 40.3. The lowest BCUT2D eigenvalue weighted by molar-refractivity contribution is -0.120. The summed E-state index contributed by atoms with van der Waals surface area (Å²) in [5.74, 6) is -2.15. The summed E-state index contributed by atoms with van der Waals surface area (Å²) in [5, 5.41) is 22.1. The standard InChI is InChI=1S/C16H19F3N2O4/c1-8(22)20-13(4-9-2-10(17)5-11(18)3-9)15(23)14-6-12(19)7-21(14)16(24)25/h2-3,5,12-15,23H,4,6-7H2,1H3,(H,20,22)(H,24,25)/t12-,13+,14+,15-/m0/s1. The highest BCUT2D eigenvalue weighted by molar-refractivity contribution is 5.73. The Morgan fingerprint density at radius 3 is 2.44 bits per heavy atom. The number of aliphatic hydroxyl groups excluding tert-OH is 1. The Hall–Kier alpha value is -2.29. The van der Waals surface area contributed by atoms with E-state index in [1.807, 2.05) is 0 Å². The molecule has 1 fully saturated rings. The van der Waals surface area contributed by atoms with E-state index in [0.717, 1.165) is 17.0 Å². The molecule has 25 heavy (non-hydrogen) atoms. The van der Waals surface area contributed by atoms with Gasteiger partial charge in [0, 0.05) is 19.4 Å². The van der Waals surface area contributed by atoms with Crippen LogP contribution in [0.2, 0.25) is 0 Å². The molecule has 0 saturated carbocycles. The van der Waals surface area contributed by atoms with E-state index in [0.29, 0.717) is 6.07 Å². The van der Waals surface area contributed by atoms with Crippen molar-refractivity contribution >= 4 is 12.0 Å². The molecule has 0 unspecified atom stereocenters. The maximum Gasteiger partial charge on any atom is 0.407 e. The number of carbonyl (C=O) groups is 2. The maximum absolute atomic E-state index is 13.6. The molecule has 1 aliphatic heterocycles. The fourth-order valence-electron chi connectivity index (χ4n) is 3.13. The number of hydrogen-bond donors (Lipinski definition) is 3. The molecule has 0 aliphatic carbocycles. The summed E-state index contributed by atoms with van der Waals surface area (Å²) >= 11 is 0. The Bertz CT molecular complexity index is 638. The predicted molar refractivity (Wildman–Crippen MR) is 81.7 cm³/mol. The minimum absolute atomic E-state index is 0.143. The summed E-state index contributed by atoms with van der Waals surface area (Å²) in [6.45, 7) is 0.811. The van der Waals surface area contributed by atoms with Crippen LogP contribution in [0, 0.1) is 11.6 Å². The molecule has 1 saturated heterocycles. The van der Waals surface area contributed by atoms with Gasteiger partial charge in [-0.05, 0) is 24.1 Å². The van der Waals surface area contributed by atoms with Gasteiger partial charge in [0.05, 0.1) is 24.7 Å². The van der Waals surface area contributed by atoms with E-state index in [2.05, 4.69) is 5.32 Å². The number of likely N-dealkylation sites (tertiary alicyclic amines) is 1. The number of carbonyl (C=O) groups excluding carboxylic acids is 1. The van der Waals surface area contributed by atoms with Crippen molar-refractivity contribution in [3.05, 3.63) is 35.4 Å². The van der Waals surface area contributed by atoms with Crippen molar-refractivity contribution in [2.75, 3.05) is 6.54 Å². The molecule has 6 nitrogen and oxygen atoms in total. The van der Waals surface area contributed by atoms with Gasteiger partial charge < -0.3 is 15.5 Å². The Labute approximate surface area is 142 Å². The number of nitrogens with zero attached hydrogens (tertiary/aromatic N) is 1. The lowest BCUT2D eigenvalue weighted by atomic mass is 9.94. The molecular weight excluding hydrogens is 341 g/mol. The number of alkyl halides is 1. The van der Waals surface area contributed by atoms with Gasteiger partial charge in [0.15, 0.2) is 0 Å². The Balaban J connectivity index is 2.23. The van der Waals surface area contributed by atoms with Gasteiger partial charge in [-0.25, -0.2) is 18.0 Å². The fourth-order valence-corrected chi connectivity index (χ4v) is 3.13. The van der Waals surface area contributed by atoms with Gasteiger partial charge in [0.25, 0.3) is 0 Å². The lowest BCUT2D eigenvalue weighted by Crippen LogP contribution is -2.53. The van der Waals surface area contributed by atoms with Crippen molar-refractivity contribution in [1.82, 2.24) is 10.2 Å². The monoisotopic (exact) mass is 360 g/mol. The van der Waals surface area contributed by atoms with Gasteiger partial charge in [-0.1, -0.05) is 0 Å². The average molecular weight is 360 g/mol. The van der Waals surface area contributed by atoms with E-state index < -0.39 is 48.0 Å². The van der Waals surface area contributed by atoms with Crippen LogP contribution in [0.25, 0.3) is 0 Å².